The summed E-state index contributed by atoms with van der Waals surface area (Å²) in [5, 5.41) is 4.45. The fourth-order valence-corrected chi connectivity index (χ4v) is 2.93. The van der Waals surface area contributed by atoms with Gasteiger partial charge in [0.15, 0.2) is 0 Å². The lowest BCUT2D eigenvalue weighted by Crippen LogP contribution is -2.10. The summed E-state index contributed by atoms with van der Waals surface area (Å²) in [6.45, 7) is 0. The maximum absolute atomic E-state index is 11.6. The van der Waals surface area contributed by atoms with E-state index < -0.39 is 5.91 Å². The molecule has 2 aromatic heterocycles. The number of rotatable bonds is 3. The van der Waals surface area contributed by atoms with E-state index in [9.17, 15) is 4.79 Å². The zero-order chi connectivity index (χ0) is 14.1. The van der Waals surface area contributed by atoms with E-state index in [1.54, 1.807) is 16.9 Å². The first-order valence-electron chi connectivity index (χ1n) is 5.86. The number of nitrogens with two attached hydrogens (primary N) is 1. The SMILES string of the molecule is NC(=O)c1cn(-c2ccccc2)nc1-c1ccc(Cl)s1. The number of hydrogen-bond acceptors (Lipinski definition) is 3. The van der Waals surface area contributed by atoms with Crippen LogP contribution in [0.4, 0.5) is 0 Å². The predicted molar refractivity (Wildman–Crippen MR) is 80.4 cm³/mol. The van der Waals surface area contributed by atoms with Gasteiger partial charge in [0.05, 0.1) is 20.5 Å². The van der Waals surface area contributed by atoms with Gasteiger partial charge in [0.1, 0.15) is 5.69 Å². The van der Waals surface area contributed by atoms with Crippen molar-refractivity contribution < 1.29 is 4.79 Å². The summed E-state index contributed by atoms with van der Waals surface area (Å²) in [6, 6.07) is 13.1. The molecule has 2 N–H and O–H groups in total. The van der Waals surface area contributed by atoms with Crippen molar-refractivity contribution in [2.24, 2.45) is 5.73 Å². The Kier molecular flexibility index (Phi) is 3.30. The summed E-state index contributed by atoms with van der Waals surface area (Å²) < 4.78 is 2.29. The van der Waals surface area contributed by atoms with E-state index in [0.717, 1.165) is 10.6 Å². The smallest absolute Gasteiger partial charge is 0.252 e. The van der Waals surface area contributed by atoms with Crippen molar-refractivity contribution in [2.75, 3.05) is 0 Å². The quantitative estimate of drug-likeness (QED) is 0.806. The van der Waals surface area contributed by atoms with Gasteiger partial charge in [-0.2, -0.15) is 5.10 Å². The molecule has 0 aliphatic rings. The molecule has 0 aliphatic heterocycles. The molecule has 20 heavy (non-hydrogen) atoms. The van der Waals surface area contributed by atoms with Crippen LogP contribution in [0.5, 0.6) is 0 Å². The van der Waals surface area contributed by atoms with Crippen LogP contribution in [0.3, 0.4) is 0 Å². The lowest BCUT2D eigenvalue weighted by atomic mass is 10.2. The number of nitrogens with zero attached hydrogens (tertiary/aromatic N) is 2. The van der Waals surface area contributed by atoms with E-state index in [0.29, 0.717) is 15.6 Å². The van der Waals surface area contributed by atoms with Gasteiger partial charge in [-0.15, -0.1) is 11.3 Å². The Balaban J connectivity index is 2.15. The maximum Gasteiger partial charge on any atom is 0.252 e. The topological polar surface area (TPSA) is 60.9 Å². The third kappa shape index (κ3) is 2.33. The summed E-state index contributed by atoms with van der Waals surface area (Å²) in [5.74, 6) is -0.508. The molecule has 3 aromatic rings. The van der Waals surface area contributed by atoms with Gasteiger partial charge in [-0.25, -0.2) is 4.68 Å². The minimum atomic E-state index is -0.508. The highest BCUT2D eigenvalue weighted by molar-refractivity contribution is 7.19. The number of carbonyl (C=O) groups excluding carboxylic acids is 1. The Morgan fingerprint density at radius 1 is 1.20 bits per heavy atom. The maximum atomic E-state index is 11.6. The van der Waals surface area contributed by atoms with Crippen LogP contribution < -0.4 is 5.73 Å². The van der Waals surface area contributed by atoms with Crippen LogP contribution in [-0.2, 0) is 0 Å². The van der Waals surface area contributed by atoms with Crippen molar-refractivity contribution >= 4 is 28.8 Å². The van der Waals surface area contributed by atoms with Crippen molar-refractivity contribution in [3.8, 4) is 16.3 Å². The molecule has 0 fully saturated rings. The van der Waals surface area contributed by atoms with Gasteiger partial charge in [-0.3, -0.25) is 4.79 Å². The van der Waals surface area contributed by atoms with Gasteiger partial charge in [0.2, 0.25) is 0 Å². The molecule has 4 nitrogen and oxygen atoms in total. The standard InChI is InChI=1S/C14H10ClN3OS/c15-12-7-6-11(20-12)13-10(14(16)19)8-18(17-13)9-4-2-1-3-5-9/h1-8H,(H2,16,19). The monoisotopic (exact) mass is 303 g/mol. The fourth-order valence-electron chi connectivity index (χ4n) is 1.89. The molecule has 1 amide bonds. The predicted octanol–water partition coefficient (Wildman–Crippen LogP) is 3.35. The Bertz CT molecular complexity index is 764. The first-order valence-corrected chi connectivity index (χ1v) is 7.05. The number of primary amides is 1. The number of aromatic nitrogens is 2. The minimum Gasteiger partial charge on any atom is -0.365 e. The molecule has 100 valence electrons. The van der Waals surface area contributed by atoms with E-state index in [1.807, 2.05) is 36.4 Å². The number of thiophene rings is 1. The normalized spacial score (nSPS) is 10.7. The van der Waals surface area contributed by atoms with Crippen LogP contribution in [-0.4, -0.2) is 15.7 Å². The van der Waals surface area contributed by atoms with Crippen LogP contribution >= 0.6 is 22.9 Å². The van der Waals surface area contributed by atoms with Gasteiger partial charge >= 0.3 is 0 Å². The number of benzene rings is 1. The van der Waals surface area contributed by atoms with Crippen molar-refractivity contribution in [1.82, 2.24) is 9.78 Å². The zero-order valence-electron chi connectivity index (χ0n) is 10.3. The summed E-state index contributed by atoms with van der Waals surface area (Å²) in [6.07, 6.45) is 1.64. The largest absolute Gasteiger partial charge is 0.365 e. The molecule has 3 rings (SSSR count). The van der Waals surface area contributed by atoms with Gasteiger partial charge in [0, 0.05) is 6.20 Å². The number of carbonyl (C=O) groups is 1. The van der Waals surface area contributed by atoms with E-state index in [4.69, 9.17) is 17.3 Å². The molecule has 0 atom stereocenters. The molecule has 0 saturated carbocycles. The summed E-state index contributed by atoms with van der Waals surface area (Å²) in [4.78, 5) is 12.4. The van der Waals surface area contributed by atoms with Gasteiger partial charge in [-0.1, -0.05) is 29.8 Å². The Morgan fingerprint density at radius 2 is 1.95 bits per heavy atom. The van der Waals surface area contributed by atoms with Crippen LogP contribution in [0.15, 0.2) is 48.7 Å². The highest BCUT2D eigenvalue weighted by Crippen LogP contribution is 2.32. The number of halogens is 1. The molecule has 0 aliphatic carbocycles. The Morgan fingerprint density at radius 3 is 2.55 bits per heavy atom. The van der Waals surface area contributed by atoms with E-state index in [-0.39, 0.29) is 0 Å². The summed E-state index contributed by atoms with van der Waals surface area (Å²) in [7, 11) is 0. The first kappa shape index (κ1) is 12.9. The summed E-state index contributed by atoms with van der Waals surface area (Å²) in [5.41, 5.74) is 7.23. The second kappa shape index (κ2) is 5.11. The van der Waals surface area contributed by atoms with Gasteiger partial charge < -0.3 is 5.73 Å². The third-order valence-corrected chi connectivity index (χ3v) is 4.04. The Hall–Kier alpha value is -2.11. The van der Waals surface area contributed by atoms with Crippen LogP contribution in [0.2, 0.25) is 4.34 Å². The van der Waals surface area contributed by atoms with Crippen molar-refractivity contribution in [3.05, 3.63) is 58.6 Å². The third-order valence-electron chi connectivity index (χ3n) is 2.81. The minimum absolute atomic E-state index is 0.382. The first-order chi connectivity index (χ1) is 9.65. The second-order valence-corrected chi connectivity index (χ2v) is 5.85. The van der Waals surface area contributed by atoms with E-state index >= 15 is 0 Å². The van der Waals surface area contributed by atoms with Crippen LogP contribution in [0.25, 0.3) is 16.3 Å². The number of amides is 1. The molecular formula is C14H10ClN3OS. The van der Waals surface area contributed by atoms with Crippen molar-refractivity contribution in [2.45, 2.75) is 0 Å². The molecule has 0 unspecified atom stereocenters. The van der Waals surface area contributed by atoms with Gasteiger partial charge in [0.25, 0.3) is 5.91 Å². The van der Waals surface area contributed by atoms with Gasteiger partial charge in [-0.05, 0) is 24.3 Å². The second-order valence-electron chi connectivity index (χ2n) is 4.14. The lowest BCUT2D eigenvalue weighted by Gasteiger charge is -1.98. The highest BCUT2D eigenvalue weighted by Gasteiger charge is 2.17. The lowest BCUT2D eigenvalue weighted by molar-refractivity contribution is 0.100. The van der Waals surface area contributed by atoms with Crippen molar-refractivity contribution in [3.63, 3.8) is 0 Å². The average molecular weight is 304 g/mol. The molecule has 0 spiro atoms. The molecule has 1 aromatic carbocycles. The van der Waals surface area contributed by atoms with E-state index in [1.165, 1.54) is 11.3 Å². The number of hydrogen-bond donors (Lipinski definition) is 1. The summed E-state index contributed by atoms with van der Waals surface area (Å²) >= 11 is 7.30. The van der Waals surface area contributed by atoms with Crippen LogP contribution in [0, 0.1) is 0 Å². The highest BCUT2D eigenvalue weighted by atomic mass is 35.5. The average Bonchev–Trinajstić information content (AvgIpc) is 3.05. The Labute approximate surface area is 124 Å². The zero-order valence-corrected chi connectivity index (χ0v) is 11.9. The molecule has 2 heterocycles. The fraction of sp³-hybridized carbons (Fsp3) is 0. The molecule has 0 radical (unpaired) electrons. The molecule has 0 saturated heterocycles. The molecule has 6 heteroatoms. The molecular weight excluding hydrogens is 294 g/mol. The van der Waals surface area contributed by atoms with Crippen molar-refractivity contribution in [1.29, 1.82) is 0 Å². The van der Waals surface area contributed by atoms with E-state index in [2.05, 4.69) is 5.10 Å². The van der Waals surface area contributed by atoms with Crippen LogP contribution in [0.1, 0.15) is 10.4 Å². The molecule has 0 bridgehead atoms. The number of para-hydroxylation sites is 1.